The average Bonchev–Trinajstić information content (AvgIpc) is 2.63. The highest BCUT2D eigenvalue weighted by atomic mass is 16.3. The van der Waals surface area contributed by atoms with Gasteiger partial charge in [0.2, 0.25) is 0 Å². The molecule has 2 rings (SSSR count). The minimum Gasteiger partial charge on any atom is -0.508 e. The van der Waals surface area contributed by atoms with Gasteiger partial charge in [-0.3, -0.25) is 4.79 Å². The third-order valence-electron chi connectivity index (χ3n) is 4.08. The molecule has 6 heteroatoms. The molecule has 1 aromatic rings. The largest absolute Gasteiger partial charge is 0.508 e. The van der Waals surface area contributed by atoms with Crippen LogP contribution in [-0.4, -0.2) is 28.3 Å². The molecule has 0 aliphatic carbocycles. The molecule has 1 aromatic carbocycles. The van der Waals surface area contributed by atoms with Crippen LogP contribution >= 0.6 is 0 Å². The smallest absolute Gasteiger partial charge is 0.274 e. The molecule has 0 atom stereocenters. The maximum atomic E-state index is 12.5. The van der Waals surface area contributed by atoms with E-state index in [2.05, 4.69) is 22.3 Å². The lowest BCUT2D eigenvalue weighted by atomic mass is 10.1. The van der Waals surface area contributed by atoms with Gasteiger partial charge >= 0.3 is 0 Å². The van der Waals surface area contributed by atoms with Crippen molar-refractivity contribution in [1.29, 1.82) is 0 Å². The van der Waals surface area contributed by atoms with Crippen LogP contribution in [0.2, 0.25) is 0 Å². The normalized spacial score (nSPS) is 15.9. The number of hydrazone groups is 1. The van der Waals surface area contributed by atoms with Gasteiger partial charge in [-0.2, -0.15) is 10.1 Å². The van der Waals surface area contributed by atoms with Crippen LogP contribution in [0.15, 0.2) is 71.3 Å². The Morgan fingerprint density at radius 2 is 2.15 bits per heavy atom. The summed E-state index contributed by atoms with van der Waals surface area (Å²) >= 11 is 0. The number of allylic oxidation sites excluding steroid dienone is 4. The van der Waals surface area contributed by atoms with Gasteiger partial charge in [-0.25, -0.2) is 0 Å². The highest BCUT2D eigenvalue weighted by Crippen LogP contribution is 2.21. The maximum Gasteiger partial charge on any atom is 0.274 e. The third-order valence-corrected chi connectivity index (χ3v) is 4.08. The van der Waals surface area contributed by atoms with Crippen molar-refractivity contribution in [3.05, 3.63) is 71.7 Å². The summed E-state index contributed by atoms with van der Waals surface area (Å²) in [6, 6.07) is 5.34. The lowest BCUT2D eigenvalue weighted by Gasteiger charge is -2.26. The Labute approximate surface area is 160 Å². The summed E-state index contributed by atoms with van der Waals surface area (Å²) in [5.41, 5.74) is 3.90. The number of phenols is 1. The second-order valence-corrected chi connectivity index (χ2v) is 6.18. The topological polar surface area (TPSA) is 77.0 Å². The monoisotopic (exact) mass is 366 g/mol. The molecular weight excluding hydrogens is 340 g/mol. The number of rotatable bonds is 6. The number of anilines is 1. The minimum absolute atomic E-state index is 0.225. The van der Waals surface area contributed by atoms with E-state index >= 15 is 0 Å². The summed E-state index contributed by atoms with van der Waals surface area (Å²) in [5.74, 6) is 0.349. The summed E-state index contributed by atoms with van der Waals surface area (Å²) in [6.07, 6.45) is 7.28. The lowest BCUT2D eigenvalue weighted by molar-refractivity contribution is -0.125. The Kier molecular flexibility index (Phi) is 6.60. The molecular formula is C21H26N4O2. The van der Waals surface area contributed by atoms with Crippen LogP contribution in [-0.2, 0) is 4.79 Å². The van der Waals surface area contributed by atoms with Crippen molar-refractivity contribution in [1.82, 2.24) is 10.3 Å². The quantitative estimate of drug-likeness (QED) is 0.529. The predicted octanol–water partition coefficient (Wildman–Crippen LogP) is 3.80. The zero-order valence-corrected chi connectivity index (χ0v) is 16.2. The molecule has 1 aliphatic rings. The number of aromatic hydroxyl groups is 1. The van der Waals surface area contributed by atoms with E-state index in [9.17, 15) is 9.90 Å². The molecule has 0 aromatic heterocycles. The molecule has 0 spiro atoms. The van der Waals surface area contributed by atoms with Crippen LogP contribution in [0.3, 0.4) is 0 Å². The number of benzene rings is 1. The van der Waals surface area contributed by atoms with Gasteiger partial charge in [0.25, 0.3) is 5.91 Å². The van der Waals surface area contributed by atoms with Crippen LogP contribution in [0.25, 0.3) is 0 Å². The zero-order chi connectivity index (χ0) is 20.0. The van der Waals surface area contributed by atoms with Gasteiger partial charge in [0, 0.05) is 23.5 Å². The van der Waals surface area contributed by atoms with Crippen LogP contribution < -0.4 is 10.6 Å². The van der Waals surface area contributed by atoms with Gasteiger partial charge in [-0.05, 0) is 44.9 Å². The number of nitrogens with zero attached hydrogens (tertiary/aromatic N) is 2. The van der Waals surface area contributed by atoms with E-state index in [1.807, 2.05) is 58.1 Å². The van der Waals surface area contributed by atoms with Crippen LogP contribution in [0, 0.1) is 6.92 Å². The molecule has 0 bridgehead atoms. The van der Waals surface area contributed by atoms with E-state index in [1.54, 1.807) is 6.07 Å². The van der Waals surface area contributed by atoms with Crippen molar-refractivity contribution in [2.75, 3.05) is 11.9 Å². The molecule has 1 aliphatic heterocycles. The molecule has 0 saturated carbocycles. The van der Waals surface area contributed by atoms with Crippen LogP contribution in [0.5, 0.6) is 5.75 Å². The van der Waals surface area contributed by atoms with E-state index in [-0.39, 0.29) is 11.7 Å². The SMILES string of the molecule is C=C1NC(CNc2ccc(C)c(O)c2)=CC(=O)N1/N=C(C)/C(/C=C\C)=C/C. The Morgan fingerprint density at radius 3 is 2.74 bits per heavy atom. The molecule has 6 nitrogen and oxygen atoms in total. The number of hydrogen-bond donors (Lipinski definition) is 3. The van der Waals surface area contributed by atoms with Crippen molar-refractivity contribution < 1.29 is 9.90 Å². The Bertz CT molecular complexity index is 863. The Morgan fingerprint density at radius 1 is 1.41 bits per heavy atom. The Balaban J connectivity index is 2.10. The van der Waals surface area contributed by atoms with E-state index in [0.29, 0.717) is 18.1 Å². The highest BCUT2D eigenvalue weighted by molar-refractivity contribution is 6.02. The van der Waals surface area contributed by atoms with E-state index in [4.69, 9.17) is 0 Å². The first-order valence-electron chi connectivity index (χ1n) is 8.74. The maximum absolute atomic E-state index is 12.5. The number of amides is 1. The van der Waals surface area contributed by atoms with Gasteiger partial charge in [0.15, 0.2) is 0 Å². The number of nitrogens with one attached hydrogen (secondary N) is 2. The molecule has 0 saturated heterocycles. The Hall–Kier alpha value is -3.28. The summed E-state index contributed by atoms with van der Waals surface area (Å²) in [6.45, 7) is 11.8. The minimum atomic E-state index is -0.266. The number of phenolic OH excluding ortho intramolecular Hbond substituents is 1. The number of carbonyl (C=O) groups excluding carboxylic acids is 1. The molecule has 0 fully saturated rings. The third kappa shape index (κ3) is 5.10. The second-order valence-electron chi connectivity index (χ2n) is 6.18. The van der Waals surface area contributed by atoms with Crippen molar-refractivity contribution in [2.24, 2.45) is 5.10 Å². The van der Waals surface area contributed by atoms with E-state index in [0.717, 1.165) is 22.5 Å². The molecule has 0 radical (unpaired) electrons. The molecule has 0 unspecified atom stereocenters. The van der Waals surface area contributed by atoms with Gasteiger partial charge < -0.3 is 15.7 Å². The van der Waals surface area contributed by atoms with Gasteiger partial charge in [0.1, 0.15) is 11.6 Å². The average molecular weight is 366 g/mol. The molecule has 1 heterocycles. The summed E-state index contributed by atoms with van der Waals surface area (Å²) in [4.78, 5) is 12.5. The molecule has 1 amide bonds. The van der Waals surface area contributed by atoms with Crippen molar-refractivity contribution >= 4 is 17.3 Å². The van der Waals surface area contributed by atoms with Crippen molar-refractivity contribution in [2.45, 2.75) is 27.7 Å². The first-order chi connectivity index (χ1) is 12.8. The predicted molar refractivity (Wildman–Crippen MR) is 110 cm³/mol. The number of aryl methyl sites for hydroxylation is 1. The van der Waals surface area contributed by atoms with Crippen LogP contribution in [0.1, 0.15) is 26.3 Å². The summed E-state index contributed by atoms with van der Waals surface area (Å²) < 4.78 is 0. The zero-order valence-electron chi connectivity index (χ0n) is 16.2. The second kappa shape index (κ2) is 8.89. The highest BCUT2D eigenvalue weighted by Gasteiger charge is 2.21. The number of carbonyl (C=O) groups is 1. The van der Waals surface area contributed by atoms with Crippen LogP contribution in [0.4, 0.5) is 5.69 Å². The fourth-order valence-electron chi connectivity index (χ4n) is 2.55. The summed E-state index contributed by atoms with van der Waals surface area (Å²) in [5, 5.41) is 21.7. The summed E-state index contributed by atoms with van der Waals surface area (Å²) in [7, 11) is 0. The number of hydrogen-bond acceptors (Lipinski definition) is 5. The van der Waals surface area contributed by atoms with E-state index in [1.165, 1.54) is 11.1 Å². The molecule has 3 N–H and O–H groups in total. The lowest BCUT2D eigenvalue weighted by Crippen LogP contribution is -2.38. The van der Waals surface area contributed by atoms with Gasteiger partial charge in [0.05, 0.1) is 12.3 Å². The first kappa shape index (κ1) is 20.0. The fraction of sp³-hybridized carbons (Fsp3) is 0.238. The van der Waals surface area contributed by atoms with Crippen molar-refractivity contribution in [3.8, 4) is 5.75 Å². The van der Waals surface area contributed by atoms with Gasteiger partial charge in [-0.15, -0.1) is 0 Å². The van der Waals surface area contributed by atoms with Crippen molar-refractivity contribution in [3.63, 3.8) is 0 Å². The first-order valence-corrected chi connectivity index (χ1v) is 8.74. The van der Waals surface area contributed by atoms with E-state index < -0.39 is 0 Å². The standard InChI is InChI=1S/C21H26N4O2/c1-6-8-17(7-2)15(4)24-25-16(5)23-19(12-21(25)27)13-22-18-10-9-14(3)20(26)11-18/h6-12,22-23,26H,5,13H2,1-4H3/b8-6-,17-7+,24-15+. The van der Waals surface area contributed by atoms with Gasteiger partial charge in [-0.1, -0.05) is 30.9 Å². The molecule has 27 heavy (non-hydrogen) atoms. The fourth-order valence-corrected chi connectivity index (χ4v) is 2.55. The molecule has 142 valence electrons.